The number of hydrogen-bond donors (Lipinski definition) is 1. The number of rotatable bonds is 2. The fourth-order valence-corrected chi connectivity index (χ4v) is 1.75. The number of aryl methyl sites for hydroxylation is 1. The average molecular weight is 200 g/mol. The molecule has 0 radical (unpaired) electrons. The minimum atomic E-state index is -3.76. The van der Waals surface area contributed by atoms with Crippen LogP contribution in [0.4, 0.5) is 5.69 Å². The van der Waals surface area contributed by atoms with Crippen molar-refractivity contribution < 1.29 is 8.42 Å². The first kappa shape index (κ1) is 9.82. The molecular formula is C7H8N2O3S. The summed E-state index contributed by atoms with van der Waals surface area (Å²) >= 11 is 0. The van der Waals surface area contributed by atoms with Gasteiger partial charge in [0, 0.05) is 0 Å². The molecule has 1 aromatic rings. The molecule has 0 aliphatic carbocycles. The molecule has 0 spiro atoms. The van der Waals surface area contributed by atoms with Crippen molar-refractivity contribution in [3.63, 3.8) is 0 Å². The highest BCUT2D eigenvalue weighted by molar-refractivity contribution is 7.89. The number of sulfonamides is 1. The maximum absolute atomic E-state index is 11.0. The van der Waals surface area contributed by atoms with Crippen molar-refractivity contribution in [2.24, 2.45) is 10.3 Å². The summed E-state index contributed by atoms with van der Waals surface area (Å²) < 4.78 is 21.9. The van der Waals surface area contributed by atoms with Crippen LogP contribution in [0.5, 0.6) is 0 Å². The van der Waals surface area contributed by atoms with E-state index in [0.29, 0.717) is 5.56 Å². The predicted molar refractivity (Wildman–Crippen MR) is 48.0 cm³/mol. The van der Waals surface area contributed by atoms with E-state index < -0.39 is 10.0 Å². The lowest BCUT2D eigenvalue weighted by atomic mass is 10.2. The Hall–Kier alpha value is -1.27. The maximum Gasteiger partial charge on any atom is 0.238 e. The second kappa shape index (κ2) is 3.23. The van der Waals surface area contributed by atoms with Crippen LogP contribution in [0.2, 0.25) is 0 Å². The van der Waals surface area contributed by atoms with Gasteiger partial charge in [0.2, 0.25) is 10.0 Å². The highest BCUT2D eigenvalue weighted by atomic mass is 32.2. The van der Waals surface area contributed by atoms with Crippen molar-refractivity contribution in [2.45, 2.75) is 11.8 Å². The molecule has 5 nitrogen and oxygen atoms in total. The summed E-state index contributed by atoms with van der Waals surface area (Å²) in [5.41, 5.74) is 0.546. The van der Waals surface area contributed by atoms with E-state index >= 15 is 0 Å². The van der Waals surface area contributed by atoms with E-state index in [-0.39, 0.29) is 10.6 Å². The van der Waals surface area contributed by atoms with Gasteiger partial charge >= 0.3 is 0 Å². The molecule has 0 amide bonds. The van der Waals surface area contributed by atoms with E-state index in [4.69, 9.17) is 5.14 Å². The van der Waals surface area contributed by atoms with Crippen LogP contribution < -0.4 is 5.14 Å². The Morgan fingerprint density at radius 1 is 1.38 bits per heavy atom. The molecule has 0 atom stereocenters. The molecule has 1 aromatic carbocycles. The molecule has 70 valence electrons. The number of benzene rings is 1. The third kappa shape index (κ3) is 2.10. The van der Waals surface area contributed by atoms with Gasteiger partial charge in [-0.3, -0.25) is 0 Å². The van der Waals surface area contributed by atoms with Crippen molar-refractivity contribution in [3.05, 3.63) is 28.7 Å². The lowest BCUT2D eigenvalue weighted by molar-refractivity contribution is 0.597. The molecule has 0 aliphatic rings. The second-order valence-corrected chi connectivity index (χ2v) is 4.12. The van der Waals surface area contributed by atoms with Crippen molar-refractivity contribution in [1.82, 2.24) is 0 Å². The Balaban J connectivity index is 3.44. The summed E-state index contributed by atoms with van der Waals surface area (Å²) in [6.45, 7) is 1.59. The van der Waals surface area contributed by atoms with Gasteiger partial charge in [0.1, 0.15) is 5.69 Å². The molecular weight excluding hydrogens is 192 g/mol. The van der Waals surface area contributed by atoms with Crippen LogP contribution in [0.25, 0.3) is 0 Å². The topological polar surface area (TPSA) is 89.6 Å². The zero-order valence-corrected chi connectivity index (χ0v) is 7.71. The molecule has 13 heavy (non-hydrogen) atoms. The number of hydrogen-bond acceptors (Lipinski definition) is 4. The second-order valence-electron chi connectivity index (χ2n) is 2.59. The van der Waals surface area contributed by atoms with E-state index in [9.17, 15) is 13.3 Å². The van der Waals surface area contributed by atoms with Gasteiger partial charge in [-0.15, -0.1) is 4.91 Å². The van der Waals surface area contributed by atoms with E-state index in [0.717, 1.165) is 6.07 Å². The first-order valence-corrected chi connectivity index (χ1v) is 4.96. The molecule has 6 heteroatoms. The largest absolute Gasteiger partial charge is 0.238 e. The van der Waals surface area contributed by atoms with Gasteiger partial charge in [-0.25, -0.2) is 13.6 Å². The molecule has 0 saturated heterocycles. The van der Waals surface area contributed by atoms with Crippen molar-refractivity contribution in [1.29, 1.82) is 0 Å². The lowest BCUT2D eigenvalue weighted by Gasteiger charge is -2.02. The quantitative estimate of drug-likeness (QED) is 0.723. The fraction of sp³-hybridized carbons (Fsp3) is 0.143. The van der Waals surface area contributed by atoms with Gasteiger partial charge in [-0.1, -0.05) is 6.07 Å². The molecule has 0 aliphatic heterocycles. The smallest absolute Gasteiger partial charge is 0.225 e. The van der Waals surface area contributed by atoms with Gasteiger partial charge in [0.25, 0.3) is 0 Å². The summed E-state index contributed by atoms with van der Waals surface area (Å²) in [7, 11) is -3.76. The Kier molecular flexibility index (Phi) is 2.44. The van der Waals surface area contributed by atoms with Crippen molar-refractivity contribution >= 4 is 15.7 Å². The van der Waals surface area contributed by atoms with E-state index in [2.05, 4.69) is 5.18 Å². The summed E-state index contributed by atoms with van der Waals surface area (Å²) in [4.78, 5) is 10.0. The van der Waals surface area contributed by atoms with Crippen LogP contribution in [0.15, 0.2) is 28.3 Å². The van der Waals surface area contributed by atoms with Crippen LogP contribution in [-0.2, 0) is 10.0 Å². The molecule has 0 bridgehead atoms. The number of nitrogens with two attached hydrogens (primary N) is 1. The molecule has 0 unspecified atom stereocenters. The van der Waals surface area contributed by atoms with Gasteiger partial charge in [-0.2, -0.15) is 0 Å². The standard InChI is InChI=1S/C7H8N2O3S/c1-5-2-3-6(9-10)4-7(5)13(8,11)12/h2-4H,1H3,(H2,8,11,12). The highest BCUT2D eigenvalue weighted by Crippen LogP contribution is 2.20. The summed E-state index contributed by atoms with van der Waals surface area (Å²) in [6.07, 6.45) is 0. The Labute approximate surface area is 75.6 Å². The molecule has 0 aromatic heterocycles. The van der Waals surface area contributed by atoms with E-state index in [1.54, 1.807) is 6.92 Å². The number of nitroso groups, excluding NO2 is 1. The fourth-order valence-electron chi connectivity index (χ4n) is 0.952. The van der Waals surface area contributed by atoms with Crippen LogP contribution >= 0.6 is 0 Å². The Morgan fingerprint density at radius 3 is 2.46 bits per heavy atom. The summed E-state index contributed by atoms with van der Waals surface area (Å²) in [5, 5.41) is 7.53. The van der Waals surface area contributed by atoms with Gasteiger partial charge in [0.15, 0.2) is 0 Å². The minimum Gasteiger partial charge on any atom is -0.225 e. The molecule has 0 saturated carbocycles. The molecule has 0 heterocycles. The SMILES string of the molecule is Cc1ccc(N=O)cc1S(N)(=O)=O. The predicted octanol–water partition coefficient (Wildman–Crippen LogP) is 1.04. The minimum absolute atomic E-state index is 0.0506. The molecule has 1 rings (SSSR count). The van der Waals surface area contributed by atoms with Crippen LogP contribution in [0, 0.1) is 11.8 Å². The van der Waals surface area contributed by atoms with Crippen molar-refractivity contribution in [2.75, 3.05) is 0 Å². The number of primary sulfonamides is 1. The summed E-state index contributed by atoms with van der Waals surface area (Å²) in [5.74, 6) is 0. The zero-order chi connectivity index (χ0) is 10.1. The lowest BCUT2D eigenvalue weighted by Crippen LogP contribution is -2.13. The van der Waals surface area contributed by atoms with Crippen LogP contribution in [0.1, 0.15) is 5.56 Å². The molecule has 0 fully saturated rings. The normalized spacial score (nSPS) is 11.2. The molecule has 2 N–H and O–H groups in total. The summed E-state index contributed by atoms with van der Waals surface area (Å²) in [6, 6.07) is 4.06. The zero-order valence-electron chi connectivity index (χ0n) is 6.89. The monoisotopic (exact) mass is 200 g/mol. The first-order chi connectivity index (χ1) is 5.95. The van der Waals surface area contributed by atoms with Crippen molar-refractivity contribution in [3.8, 4) is 0 Å². The van der Waals surface area contributed by atoms with Gasteiger partial charge < -0.3 is 0 Å². The van der Waals surface area contributed by atoms with Crippen LogP contribution in [0.3, 0.4) is 0 Å². The maximum atomic E-state index is 11.0. The highest BCUT2D eigenvalue weighted by Gasteiger charge is 2.11. The van der Waals surface area contributed by atoms with E-state index in [1.165, 1.54) is 12.1 Å². The Bertz CT molecular complexity index is 439. The van der Waals surface area contributed by atoms with Crippen LogP contribution in [-0.4, -0.2) is 8.42 Å². The number of nitrogens with zero attached hydrogens (tertiary/aromatic N) is 1. The van der Waals surface area contributed by atoms with Gasteiger partial charge in [0.05, 0.1) is 4.90 Å². The first-order valence-electron chi connectivity index (χ1n) is 3.42. The average Bonchev–Trinajstić information content (AvgIpc) is 2.03. The van der Waals surface area contributed by atoms with Gasteiger partial charge in [-0.05, 0) is 29.8 Å². The third-order valence-corrected chi connectivity index (χ3v) is 2.64. The third-order valence-electron chi connectivity index (χ3n) is 1.58. The Morgan fingerprint density at radius 2 is 2.00 bits per heavy atom. The van der Waals surface area contributed by atoms with E-state index in [1.807, 2.05) is 0 Å².